The fourth-order valence-electron chi connectivity index (χ4n) is 2.36. The summed E-state index contributed by atoms with van der Waals surface area (Å²) in [6, 6.07) is 7.96. The summed E-state index contributed by atoms with van der Waals surface area (Å²) in [5.41, 5.74) is 8.76. The Balaban J connectivity index is 0.000000680. The van der Waals surface area contributed by atoms with Gasteiger partial charge < -0.3 is 20.2 Å². The molecule has 0 radical (unpaired) electrons. The second-order valence-corrected chi connectivity index (χ2v) is 6.82. The maximum absolute atomic E-state index is 11.4. The molecule has 0 saturated carbocycles. The number of nitrogens with two attached hydrogens (primary N) is 1. The summed E-state index contributed by atoms with van der Waals surface area (Å²) in [5, 5.41) is -0.00248. The van der Waals surface area contributed by atoms with E-state index in [1.54, 1.807) is 19.4 Å². The second kappa shape index (κ2) is 14.2. The van der Waals surface area contributed by atoms with Crippen molar-refractivity contribution in [2.45, 2.75) is 46.4 Å². The van der Waals surface area contributed by atoms with Crippen LogP contribution in [0.1, 0.15) is 51.3 Å². The number of methoxy groups -OCH3 is 1. The lowest BCUT2D eigenvalue weighted by molar-refractivity contribution is -0.305. The van der Waals surface area contributed by atoms with Gasteiger partial charge in [0.1, 0.15) is 11.5 Å². The Morgan fingerprint density at radius 1 is 1.25 bits per heavy atom. The minimum Gasteiger partial charge on any atom is -0.497 e. The molecule has 0 aliphatic rings. The summed E-state index contributed by atoms with van der Waals surface area (Å²) in [6.07, 6.45) is -0.339. The number of aromatic amines is 1. The molecule has 1 aromatic carbocycles. The average molecular weight is 474 g/mol. The van der Waals surface area contributed by atoms with Gasteiger partial charge in [-0.05, 0) is 38.0 Å². The highest BCUT2D eigenvalue weighted by atomic mass is 35.5. The molecule has 2 aromatic rings. The number of alkyl halides is 3. The van der Waals surface area contributed by atoms with Crippen LogP contribution in [0.2, 0.25) is 0 Å². The fraction of sp³-hybridized carbons (Fsp3) is 0.348. The molecule has 5 nitrogen and oxygen atoms in total. The first kappa shape index (κ1) is 29.1. The number of halogens is 4. The van der Waals surface area contributed by atoms with Crippen LogP contribution in [0, 0.1) is 0 Å². The van der Waals surface area contributed by atoms with Crippen LogP contribution in [-0.4, -0.2) is 23.4 Å². The highest BCUT2D eigenvalue weighted by molar-refractivity contribution is 6.29. The first-order valence-corrected chi connectivity index (χ1v) is 10.2. The van der Waals surface area contributed by atoms with E-state index in [1.165, 1.54) is 6.92 Å². The number of imidazole rings is 1. The summed E-state index contributed by atoms with van der Waals surface area (Å²) < 4.78 is 42.7. The lowest BCUT2D eigenvalue weighted by Gasteiger charge is -2.16. The summed E-state index contributed by atoms with van der Waals surface area (Å²) >= 11 is 5.19. The van der Waals surface area contributed by atoms with Crippen molar-refractivity contribution in [3.05, 3.63) is 77.3 Å². The zero-order valence-electron chi connectivity index (χ0n) is 19.0. The van der Waals surface area contributed by atoms with Crippen molar-refractivity contribution < 1.29 is 22.6 Å². The number of benzene rings is 1. The van der Waals surface area contributed by atoms with Crippen LogP contribution in [0.25, 0.3) is 0 Å². The quantitative estimate of drug-likeness (QED) is 0.326. The Hall–Kier alpha value is -2.87. The third-order valence-corrected chi connectivity index (χ3v) is 4.28. The molecule has 1 unspecified atom stereocenters. The Bertz CT molecular complexity index is 871. The molecule has 2 rings (SSSR count). The second-order valence-electron chi connectivity index (χ2n) is 6.25. The minimum atomic E-state index is -4.64. The number of allylic oxidation sites excluding steroid dienone is 4. The van der Waals surface area contributed by atoms with Gasteiger partial charge >= 0.3 is 6.36 Å². The van der Waals surface area contributed by atoms with Gasteiger partial charge in [0.2, 0.25) is 0 Å². The number of H-pyrrole nitrogens is 1. The average Bonchev–Trinajstić information content (AvgIpc) is 3.18. The first-order valence-electron chi connectivity index (χ1n) is 9.80. The molecular formula is C23H31ClF3N3O2. The van der Waals surface area contributed by atoms with Gasteiger partial charge in [0.15, 0.2) is 5.95 Å². The van der Waals surface area contributed by atoms with Crippen molar-refractivity contribution in [1.29, 1.82) is 0 Å². The molecular weight excluding hydrogens is 443 g/mol. The summed E-state index contributed by atoms with van der Waals surface area (Å²) in [5.74, 6) is 1.05. The van der Waals surface area contributed by atoms with Crippen LogP contribution >= 0.6 is 11.6 Å². The monoisotopic (exact) mass is 473 g/mol. The lowest BCUT2D eigenvalue weighted by Crippen LogP contribution is -2.11. The van der Waals surface area contributed by atoms with E-state index >= 15 is 0 Å². The third-order valence-electron chi connectivity index (χ3n) is 4.02. The molecule has 0 fully saturated rings. The predicted molar refractivity (Wildman–Crippen MR) is 125 cm³/mol. The highest BCUT2D eigenvalue weighted by Crippen LogP contribution is 2.31. The van der Waals surface area contributed by atoms with E-state index in [4.69, 9.17) is 22.1 Å². The number of hydrogen-bond acceptors (Lipinski definition) is 4. The Labute approximate surface area is 192 Å². The molecule has 3 N–H and O–H groups in total. The van der Waals surface area contributed by atoms with Gasteiger partial charge in [0.05, 0.1) is 18.3 Å². The summed E-state index contributed by atoms with van der Waals surface area (Å²) in [6.45, 7) is 14.2. The number of nitrogens with one attached hydrogen (secondary N) is 1. The number of ether oxygens (including phenoxy) is 2. The molecule has 1 heterocycles. The maximum atomic E-state index is 11.4. The van der Waals surface area contributed by atoms with Crippen LogP contribution in [0.3, 0.4) is 0 Å². The van der Waals surface area contributed by atoms with Crippen LogP contribution in [0.15, 0.2) is 66.1 Å². The largest absolute Gasteiger partial charge is 0.572 e. The molecule has 0 bridgehead atoms. The smallest absolute Gasteiger partial charge is 0.497 e. The number of nitrogen functional groups attached to an aromatic ring is 1. The topological polar surface area (TPSA) is 73.2 Å². The van der Waals surface area contributed by atoms with Gasteiger partial charge in [-0.2, -0.15) is 0 Å². The Morgan fingerprint density at radius 3 is 2.16 bits per heavy atom. The van der Waals surface area contributed by atoms with Crippen LogP contribution in [0.4, 0.5) is 19.1 Å². The van der Waals surface area contributed by atoms with Gasteiger partial charge in [-0.25, -0.2) is 4.98 Å². The fourth-order valence-corrected chi connectivity index (χ4v) is 2.40. The van der Waals surface area contributed by atoms with Gasteiger partial charge in [-0.3, -0.25) is 0 Å². The van der Waals surface area contributed by atoms with E-state index < -0.39 is 6.36 Å². The normalized spacial score (nSPS) is 12.2. The van der Waals surface area contributed by atoms with E-state index in [0.717, 1.165) is 35.9 Å². The highest BCUT2D eigenvalue weighted by Gasteiger charge is 2.31. The summed E-state index contributed by atoms with van der Waals surface area (Å²) in [7, 11) is 1.65. The van der Waals surface area contributed by atoms with Gasteiger partial charge in [0, 0.05) is 11.6 Å². The Kier molecular flexibility index (Phi) is 13.0. The van der Waals surface area contributed by atoms with E-state index in [9.17, 15) is 13.2 Å². The predicted octanol–water partition coefficient (Wildman–Crippen LogP) is 7.30. The molecule has 0 amide bonds. The molecule has 9 heteroatoms. The van der Waals surface area contributed by atoms with Crippen molar-refractivity contribution in [2.24, 2.45) is 0 Å². The molecule has 0 aliphatic heterocycles. The minimum absolute atomic E-state index is 0.00248. The van der Waals surface area contributed by atoms with E-state index in [1.807, 2.05) is 38.1 Å². The van der Waals surface area contributed by atoms with Crippen molar-refractivity contribution >= 4 is 17.5 Å². The van der Waals surface area contributed by atoms with Gasteiger partial charge in [-0.15, -0.1) is 13.2 Å². The van der Waals surface area contributed by atoms with Crippen molar-refractivity contribution in [3.8, 4) is 5.75 Å². The third kappa shape index (κ3) is 10.9. The molecule has 0 spiro atoms. The number of rotatable bonds is 7. The van der Waals surface area contributed by atoms with Crippen LogP contribution < -0.4 is 10.5 Å². The summed E-state index contributed by atoms with van der Waals surface area (Å²) in [4.78, 5) is 7.16. The maximum Gasteiger partial charge on any atom is 0.572 e. The zero-order valence-corrected chi connectivity index (χ0v) is 19.8. The number of anilines is 1. The number of aromatic nitrogens is 2. The van der Waals surface area contributed by atoms with E-state index in [0.29, 0.717) is 5.95 Å². The van der Waals surface area contributed by atoms with Gasteiger partial charge in [0.25, 0.3) is 0 Å². The SMILES string of the molecule is C/C(Cl)=C(\C)OC(F)(F)F.C=CC(=C)CC(c1ccc(OC)cc1)c1cnc(N)[nH]1.CC. The van der Waals surface area contributed by atoms with Crippen LogP contribution in [-0.2, 0) is 4.74 Å². The zero-order chi connectivity index (χ0) is 24.9. The lowest BCUT2D eigenvalue weighted by atomic mass is 9.90. The van der Waals surface area contributed by atoms with E-state index in [2.05, 4.69) is 27.9 Å². The standard InChI is InChI=1S/C16H19N3O.C5H6ClF3O.C2H6/c1-4-11(2)9-14(15-10-18-16(17)19-15)12-5-7-13(20-3)8-6-12;1-3(6)4(2)10-5(7,8)9;1-2/h4-8,10,14H,1-2,9H2,3H3,(H3,17,18,19);1-2H3;1-2H3/b;4-3-;. The number of nitrogens with zero attached hydrogens (tertiary/aromatic N) is 1. The first-order chi connectivity index (χ1) is 15.0. The molecule has 0 aliphatic carbocycles. The van der Waals surface area contributed by atoms with Crippen molar-refractivity contribution in [2.75, 3.05) is 12.8 Å². The van der Waals surface area contributed by atoms with Crippen molar-refractivity contribution in [3.63, 3.8) is 0 Å². The molecule has 178 valence electrons. The molecule has 1 atom stereocenters. The number of hydrogen-bond donors (Lipinski definition) is 2. The molecule has 0 saturated heterocycles. The van der Waals surface area contributed by atoms with E-state index in [-0.39, 0.29) is 16.7 Å². The van der Waals surface area contributed by atoms with Crippen LogP contribution in [0.5, 0.6) is 5.75 Å². The van der Waals surface area contributed by atoms with Gasteiger partial charge in [-0.1, -0.05) is 62.4 Å². The molecule has 1 aromatic heterocycles. The van der Waals surface area contributed by atoms with Crippen molar-refractivity contribution in [1.82, 2.24) is 9.97 Å². The molecule has 32 heavy (non-hydrogen) atoms. The Morgan fingerprint density at radius 2 is 1.81 bits per heavy atom.